The first-order valence-electron chi connectivity index (χ1n) is 11.1. The van der Waals surface area contributed by atoms with Crippen LogP contribution >= 0.6 is 23.8 Å². The quantitative estimate of drug-likeness (QED) is 0.298. The number of rotatable bonds is 6. The highest BCUT2D eigenvalue weighted by atomic mass is 35.5. The fraction of sp³-hybridized carbons (Fsp3) is 0.154. The van der Waals surface area contributed by atoms with Gasteiger partial charge in [-0.25, -0.2) is 8.42 Å². The zero-order chi connectivity index (χ0) is 25.4. The third-order valence-corrected chi connectivity index (χ3v) is 7.25. The molecule has 2 aromatic carbocycles. The molecule has 0 radical (unpaired) electrons. The normalized spacial score (nSPS) is 17.8. The van der Waals surface area contributed by atoms with Crippen molar-refractivity contribution in [1.29, 1.82) is 0 Å². The van der Waals surface area contributed by atoms with Crippen molar-refractivity contribution in [3.05, 3.63) is 101 Å². The van der Waals surface area contributed by atoms with Crippen LogP contribution in [-0.2, 0) is 10.0 Å². The molecule has 4 aromatic rings. The Kier molecular flexibility index (Phi) is 6.46. The zero-order valence-corrected chi connectivity index (χ0v) is 21.9. The summed E-state index contributed by atoms with van der Waals surface area (Å²) in [5.74, 6) is 1.39. The molecule has 0 bridgehead atoms. The number of hydrogen-bond acceptors (Lipinski definition) is 5. The molecule has 2 atom stereocenters. The molecule has 10 heteroatoms. The van der Waals surface area contributed by atoms with E-state index in [9.17, 15) is 8.42 Å². The zero-order valence-electron chi connectivity index (χ0n) is 19.5. The van der Waals surface area contributed by atoms with Gasteiger partial charge in [-0.2, -0.15) is 0 Å². The summed E-state index contributed by atoms with van der Waals surface area (Å²) in [5, 5.41) is 4.57. The number of anilines is 2. The van der Waals surface area contributed by atoms with Crippen LogP contribution in [0.25, 0.3) is 11.3 Å². The summed E-state index contributed by atoms with van der Waals surface area (Å²) in [6.07, 6.45) is 2.86. The number of pyridine rings is 1. The Morgan fingerprint density at radius 1 is 1.08 bits per heavy atom. The van der Waals surface area contributed by atoms with Crippen molar-refractivity contribution in [2.75, 3.05) is 15.9 Å². The smallest absolute Gasteiger partial charge is 0.229 e. The largest absolute Gasteiger partial charge is 0.459 e. The summed E-state index contributed by atoms with van der Waals surface area (Å²) in [6, 6.07) is 21.8. The van der Waals surface area contributed by atoms with E-state index in [-0.39, 0.29) is 12.1 Å². The molecule has 0 amide bonds. The molecule has 7 nitrogen and oxygen atoms in total. The van der Waals surface area contributed by atoms with Gasteiger partial charge in [-0.05, 0) is 79.3 Å². The van der Waals surface area contributed by atoms with E-state index in [1.54, 1.807) is 18.3 Å². The molecule has 1 aliphatic heterocycles. The number of halogens is 1. The number of aryl methyl sites for hydroxylation is 1. The molecule has 1 saturated heterocycles. The van der Waals surface area contributed by atoms with Crippen molar-refractivity contribution in [2.45, 2.75) is 19.0 Å². The molecule has 0 saturated carbocycles. The number of furan rings is 1. The van der Waals surface area contributed by atoms with Crippen LogP contribution in [0.1, 0.15) is 29.1 Å². The number of nitrogens with one attached hydrogen (secondary N) is 2. The predicted molar refractivity (Wildman–Crippen MR) is 147 cm³/mol. The number of hydrogen-bond donors (Lipinski definition) is 2. The topological polar surface area (TPSA) is 87.5 Å². The van der Waals surface area contributed by atoms with Crippen LogP contribution in [0.4, 0.5) is 11.4 Å². The monoisotopic (exact) mass is 538 g/mol. The minimum absolute atomic E-state index is 0.270. The second-order valence-corrected chi connectivity index (χ2v) is 11.1. The maximum atomic E-state index is 11.6. The van der Waals surface area contributed by atoms with Gasteiger partial charge < -0.3 is 14.6 Å². The summed E-state index contributed by atoms with van der Waals surface area (Å²) in [4.78, 5) is 6.52. The predicted octanol–water partition coefficient (Wildman–Crippen LogP) is 5.85. The van der Waals surface area contributed by atoms with E-state index >= 15 is 0 Å². The van der Waals surface area contributed by atoms with E-state index in [4.69, 9.17) is 28.2 Å². The number of thiocarbonyl (C=S) groups is 1. The molecule has 1 fully saturated rings. The first-order chi connectivity index (χ1) is 17.2. The Bertz CT molecular complexity index is 1520. The van der Waals surface area contributed by atoms with Crippen molar-refractivity contribution in [3.63, 3.8) is 0 Å². The van der Waals surface area contributed by atoms with Crippen LogP contribution in [-0.4, -0.2) is 24.8 Å². The number of aromatic nitrogens is 1. The lowest BCUT2D eigenvalue weighted by Crippen LogP contribution is -2.29. The maximum Gasteiger partial charge on any atom is 0.229 e. The molecular weight excluding hydrogens is 516 g/mol. The lowest BCUT2D eigenvalue weighted by atomic mass is 10.0. The van der Waals surface area contributed by atoms with E-state index in [2.05, 4.69) is 15.0 Å². The number of benzene rings is 2. The highest BCUT2D eigenvalue weighted by Crippen LogP contribution is 2.43. The summed E-state index contributed by atoms with van der Waals surface area (Å²) < 4.78 is 32.1. The Balaban J connectivity index is 1.55. The van der Waals surface area contributed by atoms with Crippen molar-refractivity contribution >= 4 is 50.3 Å². The van der Waals surface area contributed by atoms with Crippen LogP contribution in [0.3, 0.4) is 0 Å². The Morgan fingerprint density at radius 2 is 1.86 bits per heavy atom. The molecule has 1 aliphatic rings. The maximum absolute atomic E-state index is 11.6. The highest BCUT2D eigenvalue weighted by Gasteiger charge is 2.42. The van der Waals surface area contributed by atoms with E-state index < -0.39 is 10.0 Å². The Labute approximate surface area is 220 Å². The van der Waals surface area contributed by atoms with E-state index in [1.807, 2.05) is 72.5 Å². The molecule has 0 unspecified atom stereocenters. The molecule has 5 rings (SSSR count). The molecule has 36 heavy (non-hydrogen) atoms. The van der Waals surface area contributed by atoms with Crippen molar-refractivity contribution < 1.29 is 12.8 Å². The molecule has 2 aromatic heterocycles. The summed E-state index contributed by atoms with van der Waals surface area (Å²) >= 11 is 12.1. The van der Waals surface area contributed by atoms with Crippen molar-refractivity contribution in [2.24, 2.45) is 0 Å². The lowest BCUT2D eigenvalue weighted by molar-refractivity contribution is 0.439. The van der Waals surface area contributed by atoms with Gasteiger partial charge in [0.1, 0.15) is 17.6 Å². The van der Waals surface area contributed by atoms with E-state index in [0.29, 0.717) is 27.3 Å². The van der Waals surface area contributed by atoms with Crippen LogP contribution in [0, 0.1) is 6.92 Å². The molecule has 3 heterocycles. The van der Waals surface area contributed by atoms with Gasteiger partial charge in [0.25, 0.3) is 0 Å². The standard InChI is InChI=1S/C26H23ClN4O3S2/c1-16-6-7-17(15-20(16)27)22-12-13-23(34-22)25-24(21-5-3-4-14-28-21)29-26(35)31(25)19-10-8-18(9-11-19)30-36(2,32)33/h3-15,24-25,30H,1-2H3,(H,29,35)/t24-,25+/m1/s1. The van der Waals surface area contributed by atoms with Gasteiger partial charge in [-0.3, -0.25) is 9.71 Å². The third-order valence-electron chi connectivity index (χ3n) is 5.92. The van der Waals surface area contributed by atoms with Gasteiger partial charge in [-0.15, -0.1) is 0 Å². The average molecular weight is 539 g/mol. The van der Waals surface area contributed by atoms with E-state index in [1.165, 1.54) is 0 Å². The van der Waals surface area contributed by atoms with Crippen LogP contribution in [0.15, 0.2) is 83.4 Å². The number of sulfonamides is 1. The molecule has 0 spiro atoms. The third kappa shape index (κ3) is 4.95. The second-order valence-electron chi connectivity index (χ2n) is 8.58. The Hall–Kier alpha value is -3.40. The summed E-state index contributed by atoms with van der Waals surface area (Å²) in [6.45, 7) is 1.96. The van der Waals surface area contributed by atoms with Gasteiger partial charge >= 0.3 is 0 Å². The van der Waals surface area contributed by atoms with Crippen LogP contribution in [0.2, 0.25) is 5.02 Å². The Morgan fingerprint density at radius 3 is 2.53 bits per heavy atom. The SMILES string of the molecule is Cc1ccc(-c2ccc([C@H]3[C@@H](c4ccccn4)NC(=S)N3c3ccc(NS(C)(=O)=O)cc3)o2)cc1Cl. The van der Waals surface area contributed by atoms with Crippen LogP contribution in [0.5, 0.6) is 0 Å². The van der Waals surface area contributed by atoms with Gasteiger partial charge in [-0.1, -0.05) is 29.8 Å². The van der Waals surface area contributed by atoms with Crippen molar-refractivity contribution in [1.82, 2.24) is 10.3 Å². The van der Waals surface area contributed by atoms with Gasteiger partial charge in [0.15, 0.2) is 5.11 Å². The summed E-state index contributed by atoms with van der Waals surface area (Å²) in [5.41, 5.74) is 3.94. The van der Waals surface area contributed by atoms with Crippen molar-refractivity contribution in [3.8, 4) is 11.3 Å². The summed E-state index contributed by atoms with van der Waals surface area (Å²) in [7, 11) is -3.38. The van der Waals surface area contributed by atoms with E-state index in [0.717, 1.165) is 28.8 Å². The average Bonchev–Trinajstić information content (AvgIpc) is 3.46. The molecule has 0 aliphatic carbocycles. The van der Waals surface area contributed by atoms with Gasteiger partial charge in [0, 0.05) is 28.2 Å². The minimum atomic E-state index is -3.38. The first kappa shape index (κ1) is 24.3. The fourth-order valence-electron chi connectivity index (χ4n) is 4.24. The first-order valence-corrected chi connectivity index (χ1v) is 13.8. The fourth-order valence-corrected chi connectivity index (χ4v) is 5.33. The highest BCUT2D eigenvalue weighted by molar-refractivity contribution is 7.92. The number of nitrogens with zero attached hydrogens (tertiary/aromatic N) is 2. The molecule has 2 N–H and O–H groups in total. The molecular formula is C26H23ClN4O3S2. The molecule has 184 valence electrons. The van der Waals surface area contributed by atoms with Crippen LogP contribution < -0.4 is 14.9 Å². The lowest BCUT2D eigenvalue weighted by Gasteiger charge is -2.26. The van der Waals surface area contributed by atoms with Gasteiger partial charge in [0.05, 0.1) is 18.0 Å². The minimum Gasteiger partial charge on any atom is -0.459 e. The second kappa shape index (κ2) is 9.57. The van der Waals surface area contributed by atoms with Gasteiger partial charge in [0.2, 0.25) is 10.0 Å².